The molecule has 0 saturated carbocycles. The molecule has 2 heterocycles. The lowest BCUT2D eigenvalue weighted by atomic mass is 10.2. The van der Waals surface area contributed by atoms with Crippen molar-refractivity contribution in [1.29, 1.82) is 0 Å². The molecule has 0 atom stereocenters. The third-order valence-corrected chi connectivity index (χ3v) is 6.58. The van der Waals surface area contributed by atoms with Crippen molar-refractivity contribution in [3.05, 3.63) is 71.3 Å². The zero-order valence-corrected chi connectivity index (χ0v) is 16.7. The summed E-state index contributed by atoms with van der Waals surface area (Å²) < 4.78 is 28.6. The zero-order valence-electron chi connectivity index (χ0n) is 15.2. The summed E-state index contributed by atoms with van der Waals surface area (Å²) >= 11 is 5.66. The van der Waals surface area contributed by atoms with Crippen molar-refractivity contribution in [2.24, 2.45) is 0 Å². The molecule has 0 bridgehead atoms. The summed E-state index contributed by atoms with van der Waals surface area (Å²) in [6.45, 7) is 0. The fourth-order valence-corrected chi connectivity index (χ4v) is 5.00. The Kier molecular flexibility index (Phi) is 4.97. The van der Waals surface area contributed by atoms with Crippen molar-refractivity contribution < 1.29 is 13.2 Å². The summed E-state index contributed by atoms with van der Waals surface area (Å²) in [7, 11) is -4.31. The van der Waals surface area contributed by atoms with Crippen LogP contribution >= 0.6 is 11.6 Å². The van der Waals surface area contributed by atoms with Gasteiger partial charge in [-0.05, 0) is 30.7 Å². The van der Waals surface area contributed by atoms with Crippen LogP contribution in [0.15, 0.2) is 70.5 Å². The van der Waals surface area contributed by atoms with Gasteiger partial charge in [-0.1, -0.05) is 30.3 Å². The Morgan fingerprint density at radius 1 is 1.00 bits per heavy atom. The SMILES string of the molecule is O=C(CCCCl)n1c(=O)n(S(=O)(=O)c2cccc3cccnc23)c2ccccc21. The van der Waals surface area contributed by atoms with Gasteiger partial charge in [0.25, 0.3) is 10.0 Å². The molecule has 0 radical (unpaired) electrons. The van der Waals surface area contributed by atoms with Crippen molar-refractivity contribution in [3.8, 4) is 0 Å². The number of carbonyl (C=O) groups excluding carboxylic acids is 1. The third-order valence-electron chi connectivity index (χ3n) is 4.59. The number of benzene rings is 2. The number of pyridine rings is 1. The molecule has 0 aliphatic heterocycles. The number of imidazole rings is 1. The Hall–Kier alpha value is -2.97. The van der Waals surface area contributed by atoms with Crippen LogP contribution in [0.25, 0.3) is 21.9 Å². The molecule has 148 valence electrons. The van der Waals surface area contributed by atoms with Crippen LogP contribution in [-0.2, 0) is 10.0 Å². The monoisotopic (exact) mass is 429 g/mol. The highest BCUT2D eigenvalue weighted by atomic mass is 35.5. The van der Waals surface area contributed by atoms with Gasteiger partial charge in [0.15, 0.2) is 0 Å². The van der Waals surface area contributed by atoms with Crippen molar-refractivity contribution in [2.45, 2.75) is 17.7 Å². The van der Waals surface area contributed by atoms with Gasteiger partial charge in [-0.2, -0.15) is 3.97 Å². The first kappa shape index (κ1) is 19.4. The summed E-state index contributed by atoms with van der Waals surface area (Å²) in [6.07, 6.45) is 1.91. The second kappa shape index (κ2) is 7.46. The molecular formula is C20H16ClN3O4S. The molecule has 29 heavy (non-hydrogen) atoms. The van der Waals surface area contributed by atoms with Crippen LogP contribution in [0.3, 0.4) is 0 Å². The Morgan fingerprint density at radius 3 is 2.48 bits per heavy atom. The second-order valence-corrected chi connectivity index (χ2v) is 8.53. The number of alkyl halides is 1. The Balaban J connectivity index is 2.02. The molecule has 0 fully saturated rings. The number of carbonyl (C=O) groups is 1. The highest BCUT2D eigenvalue weighted by molar-refractivity contribution is 7.90. The van der Waals surface area contributed by atoms with Gasteiger partial charge in [0, 0.05) is 23.9 Å². The molecule has 0 spiro atoms. The van der Waals surface area contributed by atoms with Crippen molar-refractivity contribution >= 4 is 49.5 Å². The van der Waals surface area contributed by atoms with Crippen LogP contribution in [0.2, 0.25) is 0 Å². The summed E-state index contributed by atoms with van der Waals surface area (Å²) in [6, 6.07) is 14.5. The highest BCUT2D eigenvalue weighted by Gasteiger charge is 2.28. The van der Waals surface area contributed by atoms with E-state index in [1.54, 1.807) is 42.5 Å². The van der Waals surface area contributed by atoms with Crippen LogP contribution in [0.5, 0.6) is 0 Å². The number of para-hydroxylation sites is 3. The van der Waals surface area contributed by atoms with E-state index in [4.69, 9.17) is 11.6 Å². The number of nitrogens with zero attached hydrogens (tertiary/aromatic N) is 3. The van der Waals surface area contributed by atoms with Crippen LogP contribution in [-0.4, -0.2) is 33.7 Å². The zero-order chi connectivity index (χ0) is 20.6. The highest BCUT2D eigenvalue weighted by Crippen LogP contribution is 2.25. The smallest absolute Gasteiger partial charge is 0.274 e. The molecule has 0 aliphatic carbocycles. The van der Waals surface area contributed by atoms with E-state index in [1.807, 2.05) is 0 Å². The molecule has 0 N–H and O–H groups in total. The molecule has 7 nitrogen and oxygen atoms in total. The fraction of sp³-hybridized carbons (Fsp3) is 0.150. The first-order chi connectivity index (χ1) is 14.0. The van der Waals surface area contributed by atoms with Crippen LogP contribution in [0, 0.1) is 0 Å². The molecule has 0 aliphatic rings. The van der Waals surface area contributed by atoms with Gasteiger partial charge in [-0.15, -0.1) is 11.6 Å². The van der Waals surface area contributed by atoms with E-state index in [0.717, 1.165) is 4.57 Å². The Bertz CT molecular complexity index is 1400. The number of aromatic nitrogens is 3. The minimum Gasteiger partial charge on any atom is -0.274 e. The standard InChI is InChI=1S/C20H16ClN3O4S/c21-12-4-11-18(25)23-15-8-1-2-9-16(15)24(20(23)26)29(27,28)17-10-3-6-14-7-5-13-22-19(14)17/h1-3,5-10,13H,4,11-12H2. The molecule has 0 saturated heterocycles. The molecule has 2 aromatic carbocycles. The number of rotatable bonds is 5. The van der Waals surface area contributed by atoms with Gasteiger partial charge in [0.2, 0.25) is 5.91 Å². The number of fused-ring (bicyclic) bond motifs is 2. The molecule has 0 unspecified atom stereocenters. The van der Waals surface area contributed by atoms with Gasteiger partial charge in [-0.3, -0.25) is 9.78 Å². The Morgan fingerprint density at radius 2 is 1.72 bits per heavy atom. The Labute approximate surface area is 171 Å². The molecular weight excluding hydrogens is 414 g/mol. The second-order valence-electron chi connectivity index (χ2n) is 6.39. The van der Waals surface area contributed by atoms with Gasteiger partial charge in [-0.25, -0.2) is 17.8 Å². The van der Waals surface area contributed by atoms with Crippen LogP contribution in [0.4, 0.5) is 0 Å². The fourth-order valence-electron chi connectivity index (χ4n) is 3.31. The van der Waals surface area contributed by atoms with Gasteiger partial charge in [0.1, 0.15) is 4.90 Å². The topological polar surface area (TPSA) is 91.0 Å². The lowest BCUT2D eigenvalue weighted by Crippen LogP contribution is -2.32. The van der Waals surface area contributed by atoms with E-state index >= 15 is 0 Å². The summed E-state index contributed by atoms with van der Waals surface area (Å²) in [5.74, 6) is -0.240. The van der Waals surface area contributed by atoms with E-state index in [2.05, 4.69) is 4.98 Å². The normalized spacial score (nSPS) is 11.9. The summed E-state index contributed by atoms with van der Waals surface area (Å²) in [4.78, 5) is 29.8. The minimum absolute atomic E-state index is 0.0350. The number of hydrogen-bond donors (Lipinski definition) is 0. The van der Waals surface area contributed by atoms with Gasteiger partial charge >= 0.3 is 5.69 Å². The first-order valence-electron chi connectivity index (χ1n) is 8.88. The molecule has 2 aromatic heterocycles. The van der Waals surface area contributed by atoms with E-state index in [9.17, 15) is 18.0 Å². The average molecular weight is 430 g/mol. The van der Waals surface area contributed by atoms with Crippen molar-refractivity contribution in [3.63, 3.8) is 0 Å². The summed E-state index contributed by atoms with van der Waals surface area (Å²) in [5.41, 5.74) is -0.315. The molecule has 4 aromatic rings. The average Bonchev–Trinajstić information content (AvgIpc) is 3.04. The maximum atomic E-state index is 13.5. The van der Waals surface area contributed by atoms with Crippen molar-refractivity contribution in [1.82, 2.24) is 13.5 Å². The lowest BCUT2D eigenvalue weighted by molar-refractivity contribution is 0.0903. The predicted octanol–water partition coefficient (Wildman–Crippen LogP) is 3.25. The van der Waals surface area contributed by atoms with E-state index in [-0.39, 0.29) is 33.7 Å². The first-order valence-corrected chi connectivity index (χ1v) is 10.9. The maximum Gasteiger partial charge on any atom is 0.350 e. The molecule has 9 heteroatoms. The van der Waals surface area contributed by atoms with Crippen molar-refractivity contribution in [2.75, 3.05) is 5.88 Å². The minimum atomic E-state index is -4.31. The molecule has 0 amide bonds. The number of hydrogen-bond acceptors (Lipinski definition) is 5. The van der Waals surface area contributed by atoms with E-state index < -0.39 is 21.6 Å². The quantitative estimate of drug-likeness (QED) is 0.454. The predicted molar refractivity (Wildman–Crippen MR) is 111 cm³/mol. The third kappa shape index (κ3) is 3.14. The lowest BCUT2D eigenvalue weighted by Gasteiger charge is -2.08. The maximum absolute atomic E-state index is 13.5. The number of halogens is 1. The summed E-state index contributed by atoms with van der Waals surface area (Å²) in [5, 5.41) is 0.628. The largest absolute Gasteiger partial charge is 0.350 e. The molecule has 4 rings (SSSR count). The van der Waals surface area contributed by atoms with E-state index in [0.29, 0.717) is 15.8 Å². The van der Waals surface area contributed by atoms with Crippen LogP contribution < -0.4 is 5.69 Å². The van der Waals surface area contributed by atoms with E-state index in [1.165, 1.54) is 18.3 Å². The van der Waals surface area contributed by atoms with Crippen LogP contribution in [0.1, 0.15) is 17.6 Å². The van der Waals surface area contributed by atoms with Gasteiger partial charge in [0.05, 0.1) is 16.6 Å². The van der Waals surface area contributed by atoms with Gasteiger partial charge < -0.3 is 0 Å².